The van der Waals surface area contributed by atoms with Gasteiger partial charge in [-0.15, -0.1) is 0 Å². The molecule has 0 amide bonds. The third-order valence-electron chi connectivity index (χ3n) is 2.62. The second-order valence-corrected chi connectivity index (χ2v) is 4.07. The molecule has 1 atom stereocenters. The summed E-state index contributed by atoms with van der Waals surface area (Å²) in [6.45, 7) is 2.64. The Morgan fingerprint density at radius 2 is 2.07 bits per heavy atom. The van der Waals surface area contributed by atoms with Crippen LogP contribution in [0.2, 0.25) is 0 Å². The summed E-state index contributed by atoms with van der Waals surface area (Å²) in [5.74, 6) is 0. The van der Waals surface area contributed by atoms with Gasteiger partial charge in [-0.05, 0) is 38.8 Å². The van der Waals surface area contributed by atoms with Gasteiger partial charge in [0.25, 0.3) is 0 Å². The number of rotatable bonds is 6. The predicted molar refractivity (Wildman–Crippen MR) is 53.8 cm³/mol. The lowest BCUT2D eigenvalue weighted by atomic mass is 10.2. The fourth-order valence-electron chi connectivity index (χ4n) is 1.78. The number of unbranched alkanes of at least 4 members (excludes halogenated alkanes) is 1. The van der Waals surface area contributed by atoms with Gasteiger partial charge in [-0.1, -0.05) is 0 Å². The molecule has 1 aliphatic rings. The zero-order chi connectivity index (χ0) is 11.1. The molecule has 0 aromatic carbocycles. The number of nitrogens with one attached hydrogen (secondary N) is 2. The van der Waals surface area contributed by atoms with Crippen molar-refractivity contribution < 1.29 is 13.2 Å². The van der Waals surface area contributed by atoms with Crippen LogP contribution >= 0.6 is 0 Å². The van der Waals surface area contributed by atoms with Crippen molar-refractivity contribution in [1.29, 1.82) is 0 Å². The highest BCUT2D eigenvalue weighted by atomic mass is 19.4. The maximum absolute atomic E-state index is 11.8. The number of halogens is 3. The molecule has 90 valence electrons. The predicted octanol–water partition coefficient (Wildman–Crippen LogP) is 2.06. The van der Waals surface area contributed by atoms with Gasteiger partial charge in [-0.3, -0.25) is 0 Å². The van der Waals surface area contributed by atoms with Crippen molar-refractivity contribution in [1.82, 2.24) is 10.6 Å². The van der Waals surface area contributed by atoms with Crippen LogP contribution in [0, 0.1) is 0 Å². The summed E-state index contributed by atoms with van der Waals surface area (Å²) in [4.78, 5) is 0. The number of hydrogen-bond acceptors (Lipinski definition) is 2. The minimum Gasteiger partial charge on any atom is -0.315 e. The van der Waals surface area contributed by atoms with Gasteiger partial charge in [-0.2, -0.15) is 13.2 Å². The summed E-state index contributed by atoms with van der Waals surface area (Å²) < 4.78 is 35.3. The highest BCUT2D eigenvalue weighted by Crippen LogP contribution is 2.21. The molecule has 0 saturated carbocycles. The summed E-state index contributed by atoms with van der Waals surface area (Å²) in [5, 5.41) is 6.51. The first kappa shape index (κ1) is 12.8. The van der Waals surface area contributed by atoms with Crippen LogP contribution in [0.15, 0.2) is 0 Å². The van der Waals surface area contributed by atoms with Gasteiger partial charge < -0.3 is 10.6 Å². The van der Waals surface area contributed by atoms with Crippen LogP contribution in [0.3, 0.4) is 0 Å². The quantitative estimate of drug-likeness (QED) is 0.675. The van der Waals surface area contributed by atoms with Crippen LogP contribution in [0.4, 0.5) is 13.2 Å². The Morgan fingerprint density at radius 1 is 1.27 bits per heavy atom. The molecule has 0 spiro atoms. The molecule has 1 heterocycles. The second kappa shape index (κ2) is 6.33. The van der Waals surface area contributed by atoms with E-state index in [4.69, 9.17) is 0 Å². The molecular formula is C10H19F3N2. The Kier molecular flexibility index (Phi) is 5.39. The monoisotopic (exact) mass is 224 g/mol. The smallest absolute Gasteiger partial charge is 0.315 e. The van der Waals surface area contributed by atoms with Gasteiger partial charge in [-0.25, -0.2) is 0 Å². The first-order valence-corrected chi connectivity index (χ1v) is 5.59. The van der Waals surface area contributed by atoms with Crippen LogP contribution in [0.5, 0.6) is 0 Å². The molecule has 1 fully saturated rings. The number of hydrogen-bond donors (Lipinski definition) is 2. The van der Waals surface area contributed by atoms with Crippen molar-refractivity contribution in [3.63, 3.8) is 0 Å². The van der Waals surface area contributed by atoms with Crippen molar-refractivity contribution in [2.24, 2.45) is 0 Å². The maximum atomic E-state index is 11.8. The first-order valence-electron chi connectivity index (χ1n) is 5.59. The molecule has 2 N–H and O–H groups in total. The molecule has 2 nitrogen and oxygen atoms in total. The molecule has 1 rings (SSSR count). The lowest BCUT2D eigenvalue weighted by Gasteiger charge is -2.11. The second-order valence-electron chi connectivity index (χ2n) is 4.07. The van der Waals surface area contributed by atoms with Crippen LogP contribution in [0.25, 0.3) is 0 Å². The van der Waals surface area contributed by atoms with E-state index in [9.17, 15) is 13.2 Å². The van der Waals surface area contributed by atoms with E-state index in [2.05, 4.69) is 10.6 Å². The van der Waals surface area contributed by atoms with Crippen LogP contribution in [-0.4, -0.2) is 31.9 Å². The van der Waals surface area contributed by atoms with Gasteiger partial charge in [0, 0.05) is 19.0 Å². The van der Waals surface area contributed by atoms with Crippen molar-refractivity contribution in [3.8, 4) is 0 Å². The lowest BCUT2D eigenvalue weighted by Crippen LogP contribution is -2.34. The molecule has 1 saturated heterocycles. The molecule has 5 heteroatoms. The van der Waals surface area contributed by atoms with Crippen molar-refractivity contribution in [3.05, 3.63) is 0 Å². The maximum Gasteiger partial charge on any atom is 0.389 e. The van der Waals surface area contributed by atoms with Gasteiger partial charge in [0.2, 0.25) is 0 Å². The normalized spacial score (nSPS) is 22.2. The SMILES string of the molecule is FC(F)(F)CCCCNCC1CCCN1. The standard InChI is InChI=1S/C10H19F3N2/c11-10(12,13)5-1-2-6-14-8-9-4-3-7-15-9/h9,14-15H,1-8H2. The first-order chi connectivity index (χ1) is 7.08. The van der Waals surface area contributed by atoms with Crippen molar-refractivity contribution in [2.75, 3.05) is 19.6 Å². The Bertz CT molecular complexity index is 165. The fourth-order valence-corrected chi connectivity index (χ4v) is 1.78. The van der Waals surface area contributed by atoms with E-state index in [1.165, 1.54) is 12.8 Å². The Morgan fingerprint density at radius 3 is 2.67 bits per heavy atom. The molecule has 0 bridgehead atoms. The minimum absolute atomic E-state index is 0.231. The summed E-state index contributed by atoms with van der Waals surface area (Å²) in [6, 6.07) is 0.521. The van der Waals surface area contributed by atoms with Gasteiger partial charge >= 0.3 is 6.18 Å². The van der Waals surface area contributed by atoms with Gasteiger partial charge in [0.15, 0.2) is 0 Å². The summed E-state index contributed by atoms with van der Waals surface area (Å²) >= 11 is 0. The van der Waals surface area contributed by atoms with Crippen molar-refractivity contribution in [2.45, 2.75) is 44.3 Å². The third-order valence-corrected chi connectivity index (χ3v) is 2.62. The van der Waals surface area contributed by atoms with E-state index in [0.29, 0.717) is 19.0 Å². The highest BCUT2D eigenvalue weighted by Gasteiger charge is 2.25. The van der Waals surface area contributed by atoms with Crippen LogP contribution < -0.4 is 10.6 Å². The average Bonchev–Trinajstić information content (AvgIpc) is 2.61. The Hall–Kier alpha value is -0.290. The highest BCUT2D eigenvalue weighted by molar-refractivity contribution is 4.75. The molecule has 0 radical (unpaired) electrons. The molecule has 0 aromatic heterocycles. The topological polar surface area (TPSA) is 24.1 Å². The average molecular weight is 224 g/mol. The lowest BCUT2D eigenvalue weighted by molar-refractivity contribution is -0.135. The zero-order valence-corrected chi connectivity index (χ0v) is 8.87. The van der Waals surface area contributed by atoms with Crippen LogP contribution in [-0.2, 0) is 0 Å². The van der Waals surface area contributed by atoms with E-state index in [0.717, 1.165) is 13.1 Å². The molecule has 0 aromatic rings. The fraction of sp³-hybridized carbons (Fsp3) is 1.00. The third kappa shape index (κ3) is 6.73. The minimum atomic E-state index is -3.99. The van der Waals surface area contributed by atoms with E-state index in [1.54, 1.807) is 0 Å². The summed E-state index contributed by atoms with van der Waals surface area (Å²) in [5.41, 5.74) is 0. The molecule has 1 unspecified atom stereocenters. The molecule has 1 aliphatic heterocycles. The van der Waals surface area contributed by atoms with E-state index < -0.39 is 12.6 Å². The largest absolute Gasteiger partial charge is 0.389 e. The van der Waals surface area contributed by atoms with E-state index in [1.807, 2.05) is 0 Å². The van der Waals surface area contributed by atoms with Gasteiger partial charge in [0.1, 0.15) is 0 Å². The van der Waals surface area contributed by atoms with Crippen molar-refractivity contribution >= 4 is 0 Å². The van der Waals surface area contributed by atoms with Crippen LogP contribution in [0.1, 0.15) is 32.1 Å². The van der Waals surface area contributed by atoms with E-state index >= 15 is 0 Å². The van der Waals surface area contributed by atoms with Gasteiger partial charge in [0.05, 0.1) is 0 Å². The zero-order valence-electron chi connectivity index (χ0n) is 8.87. The molecule has 15 heavy (non-hydrogen) atoms. The molecule has 0 aliphatic carbocycles. The Labute approximate surface area is 88.6 Å². The summed E-state index contributed by atoms with van der Waals surface area (Å²) in [7, 11) is 0. The molecular weight excluding hydrogens is 205 g/mol. The van der Waals surface area contributed by atoms with E-state index in [-0.39, 0.29) is 6.42 Å². The Balaban J connectivity index is 1.84. The number of alkyl halides is 3. The summed E-state index contributed by atoms with van der Waals surface area (Å²) in [6.07, 6.45) is -1.43.